The Morgan fingerprint density at radius 1 is 1.27 bits per heavy atom. The number of hydrogen-bond donors (Lipinski definition) is 3. The quantitative estimate of drug-likeness (QED) is 0.698. The van der Waals surface area contributed by atoms with Crippen LogP contribution in [0.1, 0.15) is 49.3 Å². The molecule has 2 rings (SSSR count). The van der Waals surface area contributed by atoms with E-state index < -0.39 is 0 Å². The molecule has 15 heavy (non-hydrogen) atoms. The molecule has 0 amide bonds. The first-order valence-electron chi connectivity index (χ1n) is 5.82. The van der Waals surface area contributed by atoms with Gasteiger partial charge in [0, 0.05) is 17.2 Å². The molecule has 1 aliphatic rings. The first kappa shape index (κ1) is 10.5. The van der Waals surface area contributed by atoms with Crippen LogP contribution in [0.25, 0.3) is 0 Å². The monoisotopic (exact) mass is 209 g/mol. The number of aromatic amines is 2. The van der Waals surface area contributed by atoms with E-state index in [0.29, 0.717) is 12.5 Å². The summed E-state index contributed by atoms with van der Waals surface area (Å²) >= 11 is 0. The fourth-order valence-electron chi connectivity index (χ4n) is 2.49. The van der Waals surface area contributed by atoms with Crippen molar-refractivity contribution in [2.24, 2.45) is 5.73 Å². The Hall–Kier alpha value is -1.03. The average molecular weight is 209 g/mol. The van der Waals surface area contributed by atoms with Crippen molar-refractivity contribution < 1.29 is 0 Å². The molecule has 4 heteroatoms. The van der Waals surface area contributed by atoms with Crippen LogP contribution in [0.2, 0.25) is 0 Å². The van der Waals surface area contributed by atoms with E-state index >= 15 is 0 Å². The van der Waals surface area contributed by atoms with Gasteiger partial charge in [-0.25, -0.2) is 0 Å². The third-order valence-electron chi connectivity index (χ3n) is 3.30. The fourth-order valence-corrected chi connectivity index (χ4v) is 2.49. The molecule has 4 N–H and O–H groups in total. The topological polar surface area (TPSA) is 74.7 Å². The highest BCUT2D eigenvalue weighted by molar-refractivity contribution is 5.21. The molecule has 1 heterocycles. The molecule has 0 aromatic carbocycles. The molecular formula is C11H19N3O. The van der Waals surface area contributed by atoms with Crippen LogP contribution < -0.4 is 11.3 Å². The lowest BCUT2D eigenvalue weighted by atomic mass is 9.98. The summed E-state index contributed by atoms with van der Waals surface area (Å²) < 4.78 is 0. The van der Waals surface area contributed by atoms with Gasteiger partial charge in [-0.2, -0.15) is 0 Å². The molecule has 84 valence electrons. The summed E-state index contributed by atoms with van der Waals surface area (Å²) in [6, 6.07) is 0. The highest BCUT2D eigenvalue weighted by Gasteiger charge is 2.22. The standard InChI is InChI=1S/C11H19N3O/c12-7-3-6-9-10(13-14-11(9)15)8-4-1-2-5-8/h8H,1-7,12H2,(H2,13,14,15). The molecule has 1 aliphatic carbocycles. The third-order valence-corrected chi connectivity index (χ3v) is 3.30. The van der Waals surface area contributed by atoms with Crippen molar-refractivity contribution in [3.8, 4) is 0 Å². The molecule has 0 saturated heterocycles. The van der Waals surface area contributed by atoms with E-state index in [2.05, 4.69) is 10.2 Å². The number of hydrogen-bond acceptors (Lipinski definition) is 2. The van der Waals surface area contributed by atoms with E-state index in [1.54, 1.807) is 0 Å². The largest absolute Gasteiger partial charge is 0.330 e. The summed E-state index contributed by atoms with van der Waals surface area (Å²) in [7, 11) is 0. The number of nitrogens with two attached hydrogens (primary N) is 1. The number of H-pyrrole nitrogens is 2. The van der Waals surface area contributed by atoms with Crippen LogP contribution in [-0.4, -0.2) is 16.7 Å². The van der Waals surface area contributed by atoms with Gasteiger partial charge in [0.1, 0.15) is 0 Å². The normalized spacial score (nSPS) is 17.4. The van der Waals surface area contributed by atoms with Crippen LogP contribution in [0.4, 0.5) is 0 Å². The Morgan fingerprint density at radius 2 is 2.00 bits per heavy atom. The van der Waals surface area contributed by atoms with E-state index in [9.17, 15) is 4.79 Å². The lowest BCUT2D eigenvalue weighted by molar-refractivity contribution is 0.679. The van der Waals surface area contributed by atoms with Gasteiger partial charge in [-0.1, -0.05) is 12.8 Å². The smallest absolute Gasteiger partial charge is 0.267 e. The Bertz CT molecular complexity index is 360. The average Bonchev–Trinajstić information content (AvgIpc) is 2.84. The second-order valence-electron chi connectivity index (χ2n) is 4.34. The van der Waals surface area contributed by atoms with Crippen LogP contribution in [0.15, 0.2) is 4.79 Å². The van der Waals surface area contributed by atoms with E-state index in [-0.39, 0.29) is 5.56 Å². The molecule has 1 saturated carbocycles. The Balaban J connectivity index is 2.18. The molecule has 1 aromatic rings. The molecule has 0 atom stereocenters. The molecule has 0 unspecified atom stereocenters. The van der Waals surface area contributed by atoms with Crippen LogP contribution in [-0.2, 0) is 6.42 Å². The molecule has 0 radical (unpaired) electrons. The van der Waals surface area contributed by atoms with E-state index in [1.165, 1.54) is 25.7 Å². The van der Waals surface area contributed by atoms with Crippen molar-refractivity contribution in [1.29, 1.82) is 0 Å². The van der Waals surface area contributed by atoms with E-state index in [1.807, 2.05) is 0 Å². The zero-order valence-electron chi connectivity index (χ0n) is 9.01. The van der Waals surface area contributed by atoms with Crippen molar-refractivity contribution in [3.05, 3.63) is 21.6 Å². The van der Waals surface area contributed by atoms with Gasteiger partial charge in [-0.3, -0.25) is 9.89 Å². The van der Waals surface area contributed by atoms with Gasteiger partial charge in [-0.15, -0.1) is 0 Å². The van der Waals surface area contributed by atoms with Crippen LogP contribution in [0.3, 0.4) is 0 Å². The molecule has 1 fully saturated rings. The predicted octanol–water partition coefficient (Wildman–Crippen LogP) is 1.25. The first-order chi connectivity index (χ1) is 7.33. The van der Waals surface area contributed by atoms with Gasteiger partial charge in [-0.05, 0) is 32.2 Å². The molecule has 4 nitrogen and oxygen atoms in total. The van der Waals surface area contributed by atoms with Crippen molar-refractivity contribution in [1.82, 2.24) is 10.2 Å². The Kier molecular flexibility index (Phi) is 3.26. The van der Waals surface area contributed by atoms with Crippen LogP contribution in [0.5, 0.6) is 0 Å². The third kappa shape index (κ3) is 2.15. The van der Waals surface area contributed by atoms with E-state index in [4.69, 9.17) is 5.73 Å². The molecule has 0 bridgehead atoms. The van der Waals surface area contributed by atoms with Gasteiger partial charge in [0.2, 0.25) is 0 Å². The lowest BCUT2D eigenvalue weighted by Gasteiger charge is -2.08. The Morgan fingerprint density at radius 3 is 2.67 bits per heavy atom. The highest BCUT2D eigenvalue weighted by Crippen LogP contribution is 2.33. The number of nitrogens with one attached hydrogen (secondary N) is 2. The number of aromatic nitrogens is 2. The van der Waals surface area contributed by atoms with E-state index in [0.717, 1.165) is 24.1 Å². The summed E-state index contributed by atoms with van der Waals surface area (Å²) in [5, 5.41) is 5.75. The molecule has 0 spiro atoms. The second-order valence-corrected chi connectivity index (χ2v) is 4.34. The maximum atomic E-state index is 11.6. The van der Waals surface area contributed by atoms with Crippen molar-refractivity contribution in [2.45, 2.75) is 44.4 Å². The first-order valence-corrected chi connectivity index (χ1v) is 5.82. The highest BCUT2D eigenvalue weighted by atomic mass is 16.1. The van der Waals surface area contributed by atoms with Gasteiger partial charge in [0.25, 0.3) is 5.56 Å². The SMILES string of the molecule is NCCCc1c(C2CCCC2)[nH][nH]c1=O. The Labute approximate surface area is 89.2 Å². The van der Waals surface area contributed by atoms with Gasteiger partial charge < -0.3 is 10.8 Å². The molecule has 0 aliphatic heterocycles. The zero-order valence-corrected chi connectivity index (χ0v) is 9.01. The lowest BCUT2D eigenvalue weighted by Crippen LogP contribution is -2.10. The predicted molar refractivity (Wildman–Crippen MR) is 60.0 cm³/mol. The van der Waals surface area contributed by atoms with Crippen LogP contribution >= 0.6 is 0 Å². The molecular weight excluding hydrogens is 190 g/mol. The van der Waals surface area contributed by atoms with Crippen molar-refractivity contribution in [2.75, 3.05) is 6.54 Å². The summed E-state index contributed by atoms with van der Waals surface area (Å²) in [5.41, 5.74) is 7.60. The minimum atomic E-state index is 0.0466. The summed E-state index contributed by atoms with van der Waals surface area (Å²) in [4.78, 5) is 11.6. The molecule has 1 aromatic heterocycles. The van der Waals surface area contributed by atoms with Crippen molar-refractivity contribution >= 4 is 0 Å². The second kappa shape index (κ2) is 4.66. The van der Waals surface area contributed by atoms with Gasteiger partial charge in [0.05, 0.1) is 0 Å². The maximum absolute atomic E-state index is 11.6. The summed E-state index contributed by atoms with van der Waals surface area (Å²) in [6.45, 7) is 0.648. The minimum Gasteiger partial charge on any atom is -0.330 e. The number of rotatable bonds is 4. The van der Waals surface area contributed by atoms with Crippen molar-refractivity contribution in [3.63, 3.8) is 0 Å². The summed E-state index contributed by atoms with van der Waals surface area (Å²) in [6.07, 6.45) is 6.69. The zero-order chi connectivity index (χ0) is 10.7. The van der Waals surface area contributed by atoms with Gasteiger partial charge >= 0.3 is 0 Å². The van der Waals surface area contributed by atoms with Crippen LogP contribution in [0, 0.1) is 0 Å². The van der Waals surface area contributed by atoms with Gasteiger partial charge in [0.15, 0.2) is 0 Å². The fraction of sp³-hybridized carbons (Fsp3) is 0.727. The minimum absolute atomic E-state index is 0.0466. The maximum Gasteiger partial charge on any atom is 0.267 e. The summed E-state index contributed by atoms with van der Waals surface area (Å²) in [5.74, 6) is 0.566.